The Kier molecular flexibility index (Phi) is 5.49. The number of carbonyl (C=O) groups excluding carboxylic acids is 2. The Morgan fingerprint density at radius 2 is 1.81 bits per heavy atom. The number of amides is 1. The Morgan fingerprint density at radius 1 is 1.11 bits per heavy atom. The van der Waals surface area contributed by atoms with Gasteiger partial charge in [-0.15, -0.1) is 0 Å². The molecule has 3 rings (SSSR count). The van der Waals surface area contributed by atoms with E-state index in [1.165, 1.54) is 30.7 Å². The number of nitrogens with zero attached hydrogens (tertiary/aromatic N) is 1. The van der Waals surface area contributed by atoms with Gasteiger partial charge in [0.15, 0.2) is 6.10 Å². The predicted molar refractivity (Wildman–Crippen MR) is 99.7 cm³/mol. The van der Waals surface area contributed by atoms with E-state index in [4.69, 9.17) is 4.74 Å². The van der Waals surface area contributed by atoms with Crippen molar-refractivity contribution in [1.29, 1.82) is 0 Å². The number of hydrogen-bond acceptors (Lipinski definition) is 5. The van der Waals surface area contributed by atoms with Crippen LogP contribution < -0.4 is 5.32 Å². The van der Waals surface area contributed by atoms with Crippen LogP contribution in [0.1, 0.15) is 41.3 Å². The summed E-state index contributed by atoms with van der Waals surface area (Å²) in [5.41, 5.74) is 2.64. The molecule has 0 spiro atoms. The van der Waals surface area contributed by atoms with Gasteiger partial charge in [-0.2, -0.15) is 0 Å². The molecule has 1 N–H and O–H groups in total. The van der Waals surface area contributed by atoms with Crippen molar-refractivity contribution in [3.8, 4) is 0 Å². The van der Waals surface area contributed by atoms with Crippen molar-refractivity contribution < 1.29 is 19.2 Å². The van der Waals surface area contributed by atoms with Crippen LogP contribution in [0.25, 0.3) is 0 Å². The van der Waals surface area contributed by atoms with Crippen molar-refractivity contribution in [3.63, 3.8) is 0 Å². The molecule has 0 aromatic heterocycles. The minimum Gasteiger partial charge on any atom is -0.449 e. The van der Waals surface area contributed by atoms with Crippen LogP contribution in [-0.2, 0) is 22.4 Å². The number of aryl methyl sites for hydroxylation is 2. The van der Waals surface area contributed by atoms with Gasteiger partial charge in [0.1, 0.15) is 5.69 Å². The molecule has 0 saturated heterocycles. The SMILES string of the molecule is C[C@@H](OC(=O)c1ccc2c(c1)CCCC2)C(=O)Nc1ccccc1[N+](=O)[O-]. The molecular formula is C20H20N2O5. The van der Waals surface area contributed by atoms with E-state index in [1.54, 1.807) is 12.1 Å². The van der Waals surface area contributed by atoms with Crippen LogP contribution >= 0.6 is 0 Å². The topological polar surface area (TPSA) is 98.5 Å². The molecule has 0 saturated carbocycles. The summed E-state index contributed by atoms with van der Waals surface area (Å²) in [4.78, 5) is 35.1. The van der Waals surface area contributed by atoms with Gasteiger partial charge in [0.05, 0.1) is 10.5 Å². The Morgan fingerprint density at radius 3 is 2.56 bits per heavy atom. The zero-order valence-corrected chi connectivity index (χ0v) is 14.9. The molecule has 7 heteroatoms. The molecule has 0 unspecified atom stereocenters. The largest absolute Gasteiger partial charge is 0.449 e. The summed E-state index contributed by atoms with van der Waals surface area (Å²) in [5, 5.41) is 13.5. The number of esters is 1. The lowest BCUT2D eigenvalue weighted by Gasteiger charge is -2.17. The molecule has 1 aliphatic rings. The highest BCUT2D eigenvalue weighted by Gasteiger charge is 2.23. The zero-order valence-electron chi connectivity index (χ0n) is 14.9. The molecular weight excluding hydrogens is 348 g/mol. The van der Waals surface area contributed by atoms with Crippen LogP contribution in [0, 0.1) is 10.1 Å². The summed E-state index contributed by atoms with van der Waals surface area (Å²) in [6.07, 6.45) is 3.11. The normalized spacial score (nSPS) is 14.0. The number of hydrogen-bond donors (Lipinski definition) is 1. The van der Waals surface area contributed by atoms with E-state index in [2.05, 4.69) is 5.32 Å². The van der Waals surface area contributed by atoms with E-state index in [0.29, 0.717) is 5.56 Å². The molecule has 1 amide bonds. The van der Waals surface area contributed by atoms with Gasteiger partial charge in [-0.25, -0.2) is 4.79 Å². The minimum absolute atomic E-state index is 0.0594. The standard InChI is InChI=1S/C20H20N2O5/c1-13(19(23)21-17-8-4-5-9-18(17)22(25)26)27-20(24)16-11-10-14-6-2-3-7-15(14)12-16/h4-5,8-13H,2-3,6-7H2,1H3,(H,21,23)/t13-/m1/s1. The average Bonchev–Trinajstić information content (AvgIpc) is 2.67. The van der Waals surface area contributed by atoms with E-state index in [9.17, 15) is 19.7 Å². The number of nitro benzene ring substituents is 1. The first-order chi connectivity index (χ1) is 13.0. The van der Waals surface area contributed by atoms with Crippen molar-refractivity contribution in [2.45, 2.75) is 38.7 Å². The molecule has 7 nitrogen and oxygen atoms in total. The third-order valence-corrected chi connectivity index (χ3v) is 4.60. The molecule has 2 aromatic rings. The summed E-state index contributed by atoms with van der Waals surface area (Å²) in [6.45, 7) is 1.43. The summed E-state index contributed by atoms with van der Waals surface area (Å²) >= 11 is 0. The first kappa shape index (κ1) is 18.6. The van der Waals surface area contributed by atoms with Gasteiger partial charge in [0.25, 0.3) is 11.6 Å². The fourth-order valence-corrected chi connectivity index (χ4v) is 3.12. The van der Waals surface area contributed by atoms with Gasteiger partial charge < -0.3 is 10.1 Å². The maximum absolute atomic E-state index is 12.4. The molecule has 0 fully saturated rings. The maximum Gasteiger partial charge on any atom is 0.338 e. The summed E-state index contributed by atoms with van der Waals surface area (Å²) in [6, 6.07) is 11.3. The highest BCUT2D eigenvalue weighted by Crippen LogP contribution is 2.24. The van der Waals surface area contributed by atoms with Gasteiger partial charge >= 0.3 is 5.97 Å². The van der Waals surface area contributed by atoms with Crippen LogP contribution in [0.15, 0.2) is 42.5 Å². The molecule has 0 heterocycles. The smallest absolute Gasteiger partial charge is 0.338 e. The first-order valence-corrected chi connectivity index (χ1v) is 8.83. The predicted octanol–water partition coefficient (Wildman–Crippen LogP) is 3.66. The van der Waals surface area contributed by atoms with E-state index >= 15 is 0 Å². The van der Waals surface area contributed by atoms with E-state index in [1.807, 2.05) is 12.1 Å². The number of ether oxygens (including phenoxy) is 1. The zero-order chi connectivity index (χ0) is 19.4. The van der Waals surface area contributed by atoms with E-state index < -0.39 is 22.9 Å². The van der Waals surface area contributed by atoms with Crippen molar-refractivity contribution >= 4 is 23.3 Å². The lowest BCUT2D eigenvalue weighted by Crippen LogP contribution is -2.30. The third kappa shape index (κ3) is 4.31. The quantitative estimate of drug-likeness (QED) is 0.493. The molecule has 27 heavy (non-hydrogen) atoms. The Hall–Kier alpha value is -3.22. The molecule has 140 valence electrons. The van der Waals surface area contributed by atoms with E-state index in [0.717, 1.165) is 31.2 Å². The molecule has 0 aliphatic heterocycles. The van der Waals surface area contributed by atoms with Crippen LogP contribution in [0.3, 0.4) is 0 Å². The van der Waals surface area contributed by atoms with Gasteiger partial charge in [-0.3, -0.25) is 14.9 Å². The fourth-order valence-electron chi connectivity index (χ4n) is 3.12. The maximum atomic E-state index is 12.4. The Balaban J connectivity index is 1.66. The van der Waals surface area contributed by atoms with Gasteiger partial charge in [0, 0.05) is 6.07 Å². The van der Waals surface area contributed by atoms with Gasteiger partial charge in [-0.1, -0.05) is 18.2 Å². The molecule has 0 bridgehead atoms. The second-order valence-electron chi connectivity index (χ2n) is 6.50. The number of carbonyl (C=O) groups is 2. The van der Waals surface area contributed by atoms with Crippen LogP contribution in [0.5, 0.6) is 0 Å². The summed E-state index contributed by atoms with van der Waals surface area (Å²) in [5.74, 6) is -1.22. The monoisotopic (exact) mass is 368 g/mol. The summed E-state index contributed by atoms with van der Waals surface area (Å²) in [7, 11) is 0. The number of anilines is 1. The van der Waals surface area contributed by atoms with Gasteiger partial charge in [0.2, 0.25) is 0 Å². The number of benzene rings is 2. The van der Waals surface area contributed by atoms with E-state index in [-0.39, 0.29) is 11.4 Å². The number of para-hydroxylation sites is 2. The number of nitrogens with one attached hydrogen (secondary N) is 1. The van der Waals surface area contributed by atoms with Crippen LogP contribution in [0.2, 0.25) is 0 Å². The number of fused-ring (bicyclic) bond motifs is 1. The molecule has 1 aliphatic carbocycles. The number of nitro groups is 1. The second-order valence-corrected chi connectivity index (χ2v) is 6.50. The van der Waals surface area contributed by atoms with Crippen LogP contribution in [0.4, 0.5) is 11.4 Å². The van der Waals surface area contributed by atoms with Crippen molar-refractivity contribution in [2.75, 3.05) is 5.32 Å². The summed E-state index contributed by atoms with van der Waals surface area (Å²) < 4.78 is 5.24. The Labute approximate surface area is 156 Å². The molecule has 0 radical (unpaired) electrons. The fraction of sp³-hybridized carbons (Fsp3) is 0.300. The van der Waals surface area contributed by atoms with Crippen molar-refractivity contribution in [2.24, 2.45) is 0 Å². The highest BCUT2D eigenvalue weighted by molar-refractivity contribution is 5.98. The average molecular weight is 368 g/mol. The van der Waals surface area contributed by atoms with Gasteiger partial charge in [-0.05, 0) is 61.9 Å². The molecule has 1 atom stereocenters. The van der Waals surface area contributed by atoms with Crippen molar-refractivity contribution in [1.82, 2.24) is 0 Å². The molecule has 2 aromatic carbocycles. The lowest BCUT2D eigenvalue weighted by molar-refractivity contribution is -0.383. The van der Waals surface area contributed by atoms with Crippen molar-refractivity contribution in [3.05, 3.63) is 69.3 Å². The number of rotatable bonds is 5. The highest BCUT2D eigenvalue weighted by atomic mass is 16.6. The lowest BCUT2D eigenvalue weighted by atomic mass is 9.90. The Bertz CT molecular complexity index is 894. The first-order valence-electron chi connectivity index (χ1n) is 8.83. The van der Waals surface area contributed by atoms with Crippen LogP contribution in [-0.4, -0.2) is 22.9 Å². The third-order valence-electron chi connectivity index (χ3n) is 4.60. The second kappa shape index (κ2) is 7.99. The minimum atomic E-state index is -1.09.